The maximum Gasteiger partial charge on any atom is 0.240 e. The summed E-state index contributed by atoms with van der Waals surface area (Å²) in [5.74, 6) is 1.34. The van der Waals surface area contributed by atoms with Gasteiger partial charge < -0.3 is 9.84 Å². The van der Waals surface area contributed by atoms with E-state index in [0.717, 1.165) is 5.82 Å². The van der Waals surface area contributed by atoms with E-state index >= 15 is 0 Å². The predicted molar refractivity (Wildman–Crippen MR) is 79.5 cm³/mol. The highest BCUT2D eigenvalue weighted by atomic mass is 16.5. The van der Waals surface area contributed by atoms with Gasteiger partial charge in [-0.15, -0.1) is 0 Å². The van der Waals surface area contributed by atoms with Crippen LogP contribution in [0.15, 0.2) is 34.9 Å². The minimum atomic E-state index is -0.259. The molecule has 4 heteroatoms. The highest BCUT2D eigenvalue weighted by Gasteiger charge is 2.28. The van der Waals surface area contributed by atoms with Gasteiger partial charge in [-0.25, -0.2) is 0 Å². The van der Waals surface area contributed by atoms with Crippen LogP contribution in [0.1, 0.15) is 51.9 Å². The molecule has 108 valence electrons. The molecular formula is C16H23N3O. The molecule has 4 nitrogen and oxygen atoms in total. The van der Waals surface area contributed by atoms with Crippen molar-refractivity contribution in [3.05, 3.63) is 47.6 Å². The van der Waals surface area contributed by atoms with Gasteiger partial charge in [0.2, 0.25) is 5.89 Å². The molecule has 0 aliphatic rings. The molecule has 0 spiro atoms. The van der Waals surface area contributed by atoms with Crippen LogP contribution in [0.3, 0.4) is 0 Å². The van der Waals surface area contributed by atoms with Crippen molar-refractivity contribution in [1.82, 2.24) is 15.5 Å². The van der Waals surface area contributed by atoms with E-state index < -0.39 is 0 Å². The molecule has 0 unspecified atom stereocenters. The quantitative estimate of drug-likeness (QED) is 0.928. The Morgan fingerprint density at radius 1 is 1.05 bits per heavy atom. The van der Waals surface area contributed by atoms with Crippen LogP contribution in [0.2, 0.25) is 0 Å². The molecule has 1 aromatic heterocycles. The fraction of sp³-hybridized carbons (Fsp3) is 0.500. The van der Waals surface area contributed by atoms with Crippen LogP contribution in [-0.2, 0) is 12.0 Å². The summed E-state index contributed by atoms with van der Waals surface area (Å²) in [6.07, 6.45) is 0. The number of nitrogens with one attached hydrogen (secondary N) is 1. The third kappa shape index (κ3) is 3.45. The number of hydrogen-bond donors (Lipinski definition) is 1. The molecule has 0 radical (unpaired) electrons. The molecular weight excluding hydrogens is 250 g/mol. The summed E-state index contributed by atoms with van der Waals surface area (Å²) in [6.45, 7) is 11.1. The molecule has 0 fully saturated rings. The molecule has 0 saturated carbocycles. The lowest BCUT2D eigenvalue weighted by Crippen LogP contribution is -2.35. The van der Waals surface area contributed by atoms with Crippen molar-refractivity contribution in [2.24, 2.45) is 0 Å². The predicted octanol–water partition coefficient (Wildman–Crippen LogP) is 3.28. The van der Waals surface area contributed by atoms with Gasteiger partial charge in [-0.1, -0.05) is 35.5 Å². The summed E-state index contributed by atoms with van der Waals surface area (Å²) in [5, 5.41) is 7.49. The third-order valence-corrected chi connectivity index (χ3v) is 3.29. The Hall–Kier alpha value is -1.68. The van der Waals surface area contributed by atoms with Crippen LogP contribution in [0.5, 0.6) is 0 Å². The smallest absolute Gasteiger partial charge is 0.240 e. The minimum Gasteiger partial charge on any atom is -0.338 e. The second kappa shape index (κ2) is 5.37. The van der Waals surface area contributed by atoms with E-state index in [-0.39, 0.29) is 11.0 Å². The SMILES string of the molecule is CC(C)(C)NCc1nc(C(C)(C)c2ccccc2)no1. The van der Waals surface area contributed by atoms with Crippen molar-refractivity contribution in [3.8, 4) is 0 Å². The summed E-state index contributed by atoms with van der Waals surface area (Å²) in [7, 11) is 0. The lowest BCUT2D eigenvalue weighted by Gasteiger charge is -2.20. The zero-order chi connectivity index (χ0) is 14.8. The van der Waals surface area contributed by atoms with E-state index in [2.05, 4.69) is 62.2 Å². The fourth-order valence-electron chi connectivity index (χ4n) is 1.91. The van der Waals surface area contributed by atoms with Crippen molar-refractivity contribution in [2.45, 2.75) is 52.1 Å². The molecule has 0 bridgehead atoms. The van der Waals surface area contributed by atoms with Gasteiger partial charge in [-0.3, -0.25) is 0 Å². The van der Waals surface area contributed by atoms with Crippen LogP contribution in [0.4, 0.5) is 0 Å². The molecule has 1 aromatic carbocycles. The molecule has 2 rings (SSSR count). The van der Waals surface area contributed by atoms with Gasteiger partial charge in [0.05, 0.1) is 12.0 Å². The molecule has 2 aromatic rings. The summed E-state index contributed by atoms with van der Waals surface area (Å²) in [4.78, 5) is 4.52. The summed E-state index contributed by atoms with van der Waals surface area (Å²) in [6, 6.07) is 10.2. The average Bonchev–Trinajstić information content (AvgIpc) is 2.86. The van der Waals surface area contributed by atoms with Crippen molar-refractivity contribution in [3.63, 3.8) is 0 Å². The number of benzene rings is 1. The minimum absolute atomic E-state index is 0.0313. The summed E-state index contributed by atoms with van der Waals surface area (Å²) in [5.41, 5.74) is 0.949. The van der Waals surface area contributed by atoms with Crippen LogP contribution < -0.4 is 5.32 Å². The van der Waals surface area contributed by atoms with Gasteiger partial charge in [-0.05, 0) is 40.2 Å². The summed E-state index contributed by atoms with van der Waals surface area (Å²) >= 11 is 0. The highest BCUT2D eigenvalue weighted by molar-refractivity contribution is 5.30. The number of hydrogen-bond acceptors (Lipinski definition) is 4. The fourth-order valence-corrected chi connectivity index (χ4v) is 1.91. The topological polar surface area (TPSA) is 51.0 Å². The number of aromatic nitrogens is 2. The molecule has 0 amide bonds. The van der Waals surface area contributed by atoms with E-state index in [1.54, 1.807) is 0 Å². The van der Waals surface area contributed by atoms with Crippen LogP contribution >= 0.6 is 0 Å². The first-order valence-electron chi connectivity index (χ1n) is 6.93. The standard InChI is InChI=1S/C16H23N3O/c1-15(2,3)17-11-13-18-14(19-20-13)16(4,5)12-9-7-6-8-10-12/h6-10,17H,11H2,1-5H3. The lowest BCUT2D eigenvalue weighted by atomic mass is 9.84. The first-order valence-corrected chi connectivity index (χ1v) is 6.93. The Labute approximate surface area is 120 Å². The average molecular weight is 273 g/mol. The van der Waals surface area contributed by atoms with Gasteiger partial charge in [0.25, 0.3) is 0 Å². The molecule has 20 heavy (non-hydrogen) atoms. The Balaban J connectivity index is 2.16. The second-order valence-electron chi connectivity index (χ2n) is 6.61. The van der Waals surface area contributed by atoms with Crippen molar-refractivity contribution >= 4 is 0 Å². The van der Waals surface area contributed by atoms with E-state index in [9.17, 15) is 0 Å². The van der Waals surface area contributed by atoms with Gasteiger partial charge in [0.1, 0.15) is 0 Å². The van der Waals surface area contributed by atoms with Gasteiger partial charge in [0.15, 0.2) is 5.82 Å². The van der Waals surface area contributed by atoms with Gasteiger partial charge >= 0.3 is 0 Å². The Kier molecular flexibility index (Phi) is 3.95. The van der Waals surface area contributed by atoms with Gasteiger partial charge in [0, 0.05) is 5.54 Å². The van der Waals surface area contributed by atoms with E-state index in [0.29, 0.717) is 12.4 Å². The zero-order valence-electron chi connectivity index (χ0n) is 12.9. The van der Waals surface area contributed by atoms with Crippen LogP contribution in [-0.4, -0.2) is 15.7 Å². The summed E-state index contributed by atoms with van der Waals surface area (Å²) < 4.78 is 5.34. The normalized spacial score (nSPS) is 12.7. The van der Waals surface area contributed by atoms with Crippen molar-refractivity contribution in [1.29, 1.82) is 0 Å². The van der Waals surface area contributed by atoms with Gasteiger partial charge in [-0.2, -0.15) is 4.98 Å². The molecule has 0 aliphatic carbocycles. The largest absolute Gasteiger partial charge is 0.338 e. The van der Waals surface area contributed by atoms with E-state index in [4.69, 9.17) is 4.52 Å². The van der Waals surface area contributed by atoms with Crippen molar-refractivity contribution < 1.29 is 4.52 Å². The third-order valence-electron chi connectivity index (χ3n) is 3.29. The molecule has 0 aliphatic heterocycles. The maximum atomic E-state index is 5.34. The number of nitrogens with zero attached hydrogens (tertiary/aromatic N) is 2. The van der Waals surface area contributed by atoms with Crippen LogP contribution in [0, 0.1) is 0 Å². The first kappa shape index (κ1) is 14.7. The molecule has 0 atom stereocenters. The Bertz CT molecular complexity index is 553. The van der Waals surface area contributed by atoms with E-state index in [1.807, 2.05) is 18.2 Å². The van der Waals surface area contributed by atoms with Crippen LogP contribution in [0.25, 0.3) is 0 Å². The zero-order valence-corrected chi connectivity index (χ0v) is 12.9. The number of rotatable bonds is 4. The molecule has 0 saturated heterocycles. The second-order valence-corrected chi connectivity index (χ2v) is 6.61. The molecule has 1 heterocycles. The Morgan fingerprint density at radius 3 is 2.30 bits per heavy atom. The lowest BCUT2D eigenvalue weighted by molar-refractivity contribution is 0.330. The van der Waals surface area contributed by atoms with Crippen molar-refractivity contribution in [2.75, 3.05) is 0 Å². The monoisotopic (exact) mass is 273 g/mol. The Morgan fingerprint density at radius 2 is 1.70 bits per heavy atom. The van der Waals surface area contributed by atoms with E-state index in [1.165, 1.54) is 5.56 Å². The molecule has 1 N–H and O–H groups in total. The maximum absolute atomic E-state index is 5.34. The first-order chi connectivity index (χ1) is 9.29. The highest BCUT2D eigenvalue weighted by Crippen LogP contribution is 2.28.